The van der Waals surface area contributed by atoms with Gasteiger partial charge in [0.2, 0.25) is 0 Å². The van der Waals surface area contributed by atoms with Gasteiger partial charge in [0.1, 0.15) is 11.4 Å². The maximum absolute atomic E-state index is 12.5. The highest BCUT2D eigenvalue weighted by molar-refractivity contribution is 5.90. The van der Waals surface area contributed by atoms with Crippen molar-refractivity contribution in [2.24, 2.45) is 0 Å². The van der Waals surface area contributed by atoms with Gasteiger partial charge in [-0.1, -0.05) is 44.2 Å². The molecular formula is C25H30N2O4. The van der Waals surface area contributed by atoms with Gasteiger partial charge in [0.25, 0.3) is 0 Å². The van der Waals surface area contributed by atoms with Crippen LogP contribution in [0.15, 0.2) is 42.5 Å². The van der Waals surface area contributed by atoms with E-state index in [1.807, 2.05) is 56.3 Å². The Kier molecular flexibility index (Phi) is 7.34. The average Bonchev–Trinajstić information content (AvgIpc) is 3.40. The van der Waals surface area contributed by atoms with Crippen LogP contribution in [0.25, 0.3) is 0 Å². The molecule has 0 aliphatic carbocycles. The van der Waals surface area contributed by atoms with Crippen LogP contribution in [-0.2, 0) is 22.3 Å². The smallest absolute Gasteiger partial charge is 0.355 e. The number of esters is 2. The van der Waals surface area contributed by atoms with Crippen molar-refractivity contribution in [2.45, 2.75) is 46.5 Å². The molecule has 2 N–H and O–H groups in total. The van der Waals surface area contributed by atoms with Crippen LogP contribution in [0.5, 0.6) is 0 Å². The molecule has 31 heavy (non-hydrogen) atoms. The molecule has 2 aromatic heterocycles. The van der Waals surface area contributed by atoms with Gasteiger partial charge in [0, 0.05) is 11.4 Å². The van der Waals surface area contributed by atoms with Gasteiger partial charge in [0.15, 0.2) is 0 Å². The van der Waals surface area contributed by atoms with Crippen molar-refractivity contribution in [3.63, 3.8) is 0 Å². The average molecular weight is 423 g/mol. The predicted molar refractivity (Wildman–Crippen MR) is 120 cm³/mol. The van der Waals surface area contributed by atoms with Crippen molar-refractivity contribution < 1.29 is 19.1 Å². The Morgan fingerprint density at radius 3 is 1.61 bits per heavy atom. The molecule has 0 saturated heterocycles. The summed E-state index contributed by atoms with van der Waals surface area (Å²) in [6, 6.07) is 14.0. The molecule has 0 amide bonds. The van der Waals surface area contributed by atoms with E-state index >= 15 is 0 Å². The van der Waals surface area contributed by atoms with Gasteiger partial charge in [-0.3, -0.25) is 0 Å². The molecule has 0 aliphatic heterocycles. The van der Waals surface area contributed by atoms with Gasteiger partial charge < -0.3 is 19.4 Å². The minimum atomic E-state index is -0.356. The number of aryl methyl sites for hydroxylation is 2. The fourth-order valence-corrected chi connectivity index (χ4v) is 3.85. The van der Waals surface area contributed by atoms with E-state index in [0.29, 0.717) is 37.4 Å². The van der Waals surface area contributed by atoms with E-state index in [9.17, 15) is 9.59 Å². The highest BCUT2D eigenvalue weighted by Gasteiger charge is 2.26. The molecule has 0 unspecified atom stereocenters. The van der Waals surface area contributed by atoms with Crippen LogP contribution in [0, 0.1) is 0 Å². The molecule has 0 fully saturated rings. The summed E-state index contributed by atoms with van der Waals surface area (Å²) in [7, 11) is 0. The van der Waals surface area contributed by atoms with E-state index in [1.54, 1.807) is 13.8 Å². The molecule has 6 heteroatoms. The lowest BCUT2D eigenvalue weighted by molar-refractivity contribution is 0.0509. The Balaban J connectivity index is 2.14. The van der Waals surface area contributed by atoms with Crippen LogP contribution in [0.1, 0.15) is 82.7 Å². The number of nitrogens with one attached hydrogen (secondary N) is 2. The monoisotopic (exact) mass is 422 g/mol. The third-order valence-corrected chi connectivity index (χ3v) is 5.32. The molecule has 3 rings (SSSR count). The second kappa shape index (κ2) is 10.2. The molecule has 2 heterocycles. The number of ether oxygens (including phenoxy) is 2. The minimum Gasteiger partial charge on any atom is -0.461 e. The largest absolute Gasteiger partial charge is 0.461 e. The highest BCUT2D eigenvalue weighted by Crippen LogP contribution is 2.34. The van der Waals surface area contributed by atoms with E-state index in [4.69, 9.17) is 9.47 Å². The molecule has 0 aliphatic rings. The number of hydrogen-bond acceptors (Lipinski definition) is 4. The van der Waals surface area contributed by atoms with E-state index in [0.717, 1.165) is 28.1 Å². The van der Waals surface area contributed by atoms with Gasteiger partial charge in [-0.05, 0) is 55.5 Å². The number of aromatic amines is 2. The summed E-state index contributed by atoms with van der Waals surface area (Å²) in [4.78, 5) is 31.6. The summed E-state index contributed by atoms with van der Waals surface area (Å²) in [5, 5.41) is 0. The lowest BCUT2D eigenvalue weighted by atomic mass is 9.92. The number of benzene rings is 1. The van der Waals surface area contributed by atoms with Gasteiger partial charge >= 0.3 is 11.9 Å². The van der Waals surface area contributed by atoms with Crippen LogP contribution in [-0.4, -0.2) is 35.1 Å². The Hall–Kier alpha value is -3.28. The lowest BCUT2D eigenvalue weighted by Crippen LogP contribution is -2.10. The summed E-state index contributed by atoms with van der Waals surface area (Å²) in [5.74, 6) is -0.918. The first-order chi connectivity index (χ1) is 15.0. The molecule has 0 saturated carbocycles. The maximum atomic E-state index is 12.5. The Morgan fingerprint density at radius 1 is 0.774 bits per heavy atom. The van der Waals surface area contributed by atoms with E-state index in [-0.39, 0.29) is 17.9 Å². The van der Waals surface area contributed by atoms with Crippen LogP contribution < -0.4 is 0 Å². The normalized spacial score (nSPS) is 11.0. The van der Waals surface area contributed by atoms with Crippen molar-refractivity contribution in [1.82, 2.24) is 9.97 Å². The second-order valence-electron chi connectivity index (χ2n) is 7.24. The Bertz CT molecular complexity index is 969. The number of hydrogen-bond donors (Lipinski definition) is 2. The zero-order chi connectivity index (χ0) is 22.4. The third-order valence-electron chi connectivity index (χ3n) is 5.32. The molecule has 0 radical (unpaired) electrons. The van der Waals surface area contributed by atoms with Crippen LogP contribution in [0.2, 0.25) is 0 Å². The zero-order valence-corrected chi connectivity index (χ0v) is 18.6. The molecule has 3 aromatic rings. The molecule has 1 aromatic carbocycles. The fraction of sp³-hybridized carbons (Fsp3) is 0.360. The first kappa shape index (κ1) is 22.4. The number of aromatic nitrogens is 2. The summed E-state index contributed by atoms with van der Waals surface area (Å²) in [6.45, 7) is 8.24. The van der Waals surface area contributed by atoms with E-state index in [2.05, 4.69) is 9.97 Å². The first-order valence-corrected chi connectivity index (χ1v) is 10.9. The minimum absolute atomic E-state index is 0.205. The number of rotatable bonds is 9. The number of H-pyrrole nitrogens is 2. The predicted octanol–water partition coefficient (Wildman–Crippen LogP) is 5.00. The van der Waals surface area contributed by atoms with Gasteiger partial charge in [0.05, 0.1) is 19.1 Å². The van der Waals surface area contributed by atoms with E-state index in [1.165, 1.54) is 0 Å². The summed E-state index contributed by atoms with van der Waals surface area (Å²) in [6.07, 6.45) is 1.40. The lowest BCUT2D eigenvalue weighted by Gasteiger charge is -2.15. The summed E-state index contributed by atoms with van der Waals surface area (Å²) in [5.41, 5.74) is 5.54. The molecule has 0 spiro atoms. The molecule has 6 nitrogen and oxygen atoms in total. The Morgan fingerprint density at radius 2 is 1.23 bits per heavy atom. The SMILES string of the molecule is CCOC(=O)c1[nH]c(C(c2ccccc2)c2cc(CC)c(C(=O)OCC)[nH]2)cc1CC. The third kappa shape index (κ3) is 4.74. The molecule has 0 bridgehead atoms. The van der Waals surface area contributed by atoms with Gasteiger partial charge in [-0.25, -0.2) is 9.59 Å². The van der Waals surface area contributed by atoms with E-state index < -0.39 is 0 Å². The number of carbonyl (C=O) groups excluding carboxylic acids is 2. The van der Waals surface area contributed by atoms with Gasteiger partial charge in [-0.15, -0.1) is 0 Å². The molecular weight excluding hydrogens is 392 g/mol. The quantitative estimate of drug-likeness (QED) is 0.475. The van der Waals surface area contributed by atoms with Crippen LogP contribution in [0.4, 0.5) is 0 Å². The van der Waals surface area contributed by atoms with Crippen molar-refractivity contribution >= 4 is 11.9 Å². The number of carbonyl (C=O) groups is 2. The topological polar surface area (TPSA) is 84.2 Å². The fourth-order valence-electron chi connectivity index (χ4n) is 3.85. The van der Waals surface area contributed by atoms with Gasteiger partial charge in [-0.2, -0.15) is 0 Å². The highest BCUT2D eigenvalue weighted by atomic mass is 16.5. The molecule has 164 valence electrons. The van der Waals surface area contributed by atoms with Crippen LogP contribution >= 0.6 is 0 Å². The van der Waals surface area contributed by atoms with Crippen molar-refractivity contribution in [3.05, 3.63) is 81.9 Å². The molecule has 0 atom stereocenters. The zero-order valence-electron chi connectivity index (χ0n) is 18.6. The van der Waals surface area contributed by atoms with Crippen molar-refractivity contribution in [1.29, 1.82) is 0 Å². The standard InChI is InChI=1S/C25H30N2O4/c1-5-16-14-19(26-22(16)24(28)30-7-3)21(18-12-10-9-11-13-18)20-15-17(6-2)23(27-20)25(29)31-8-4/h9-15,21,26-27H,5-8H2,1-4H3. The second-order valence-corrected chi connectivity index (χ2v) is 7.24. The summed E-state index contributed by atoms with van der Waals surface area (Å²) < 4.78 is 10.5. The van der Waals surface area contributed by atoms with Crippen LogP contribution in [0.3, 0.4) is 0 Å². The van der Waals surface area contributed by atoms with Crippen molar-refractivity contribution in [3.8, 4) is 0 Å². The maximum Gasteiger partial charge on any atom is 0.355 e. The summed E-state index contributed by atoms with van der Waals surface area (Å²) >= 11 is 0. The first-order valence-electron chi connectivity index (χ1n) is 10.9. The van der Waals surface area contributed by atoms with Crippen molar-refractivity contribution in [2.75, 3.05) is 13.2 Å². The Labute approximate surface area is 183 Å².